The Balaban J connectivity index is 2.91. The van der Waals surface area contributed by atoms with Crippen molar-refractivity contribution in [3.8, 4) is 6.07 Å². The quantitative estimate of drug-likeness (QED) is 0.746. The molecule has 1 aliphatic rings. The summed E-state index contributed by atoms with van der Waals surface area (Å²) in [6.07, 6.45) is -0.540. The fourth-order valence-electron chi connectivity index (χ4n) is 1.76. The Kier molecular flexibility index (Phi) is 4.37. The van der Waals surface area contributed by atoms with Crippen LogP contribution in [-0.4, -0.2) is 54.2 Å². The third-order valence-electron chi connectivity index (χ3n) is 2.69. The fraction of sp³-hybridized carbons (Fsp3) is 0.750. The van der Waals surface area contributed by atoms with Gasteiger partial charge in [0.2, 0.25) is 0 Å². The minimum atomic E-state index is -1.22. The van der Waals surface area contributed by atoms with E-state index in [0.717, 1.165) is 0 Å². The van der Waals surface area contributed by atoms with E-state index >= 15 is 0 Å². The van der Waals surface area contributed by atoms with E-state index in [-0.39, 0.29) is 13.1 Å². The van der Waals surface area contributed by atoms with Crippen molar-refractivity contribution >= 4 is 11.8 Å². The average Bonchev–Trinajstić information content (AvgIpc) is 2.67. The highest BCUT2D eigenvalue weighted by molar-refractivity contribution is 5.98. The first-order chi connectivity index (χ1) is 8.78. The maximum atomic E-state index is 11.9. The summed E-state index contributed by atoms with van der Waals surface area (Å²) in [5.41, 5.74) is -1.51. The number of hydrogen-bond donors (Lipinski definition) is 1. The first-order valence-corrected chi connectivity index (χ1v) is 5.88. The van der Waals surface area contributed by atoms with E-state index in [0.29, 0.717) is 5.71 Å². The summed E-state index contributed by atoms with van der Waals surface area (Å²) in [6.45, 7) is 5.00. The van der Waals surface area contributed by atoms with E-state index in [9.17, 15) is 15.2 Å². The minimum absolute atomic E-state index is 0.0388. The zero-order chi connectivity index (χ0) is 14.7. The van der Waals surface area contributed by atoms with E-state index in [1.54, 1.807) is 20.8 Å². The molecule has 19 heavy (non-hydrogen) atoms. The van der Waals surface area contributed by atoms with Crippen molar-refractivity contribution in [2.24, 2.45) is 10.6 Å². The summed E-state index contributed by atoms with van der Waals surface area (Å²) in [5.74, 6) is 0. The highest BCUT2D eigenvalue weighted by Crippen LogP contribution is 2.28. The Morgan fingerprint density at radius 3 is 2.68 bits per heavy atom. The molecule has 0 radical (unpaired) electrons. The monoisotopic (exact) mass is 269 g/mol. The van der Waals surface area contributed by atoms with Crippen LogP contribution in [0.15, 0.2) is 5.16 Å². The second-order valence-electron chi connectivity index (χ2n) is 5.41. The Hall–Kier alpha value is -1.81. The topological polar surface area (TPSA) is 95.1 Å². The maximum Gasteiger partial charge on any atom is 0.410 e. The zero-order valence-corrected chi connectivity index (χ0v) is 11.6. The van der Waals surface area contributed by atoms with E-state index in [4.69, 9.17) is 4.74 Å². The summed E-state index contributed by atoms with van der Waals surface area (Å²) in [5, 5.41) is 22.4. The van der Waals surface area contributed by atoms with Gasteiger partial charge >= 0.3 is 6.09 Å². The molecule has 1 N–H and O–H groups in total. The number of likely N-dealkylation sites (tertiary alicyclic amines) is 1. The van der Waals surface area contributed by atoms with Gasteiger partial charge in [0.05, 0.1) is 25.8 Å². The van der Waals surface area contributed by atoms with Crippen LogP contribution in [0.3, 0.4) is 0 Å². The predicted molar refractivity (Wildman–Crippen MR) is 67.4 cm³/mol. The fourth-order valence-corrected chi connectivity index (χ4v) is 1.76. The zero-order valence-electron chi connectivity index (χ0n) is 11.6. The molecule has 1 aliphatic heterocycles. The van der Waals surface area contributed by atoms with Gasteiger partial charge in [-0.15, -0.1) is 0 Å². The van der Waals surface area contributed by atoms with Gasteiger partial charge in [-0.3, -0.25) is 0 Å². The molecule has 0 aromatic carbocycles. The molecule has 0 bridgehead atoms. The average molecular weight is 269 g/mol. The minimum Gasteiger partial charge on any atom is -0.444 e. The number of nitrogens with zero attached hydrogens (tertiary/aromatic N) is 3. The second-order valence-corrected chi connectivity index (χ2v) is 5.41. The number of carbonyl (C=O) groups is 1. The molecule has 1 saturated heterocycles. The molecular weight excluding hydrogens is 250 g/mol. The van der Waals surface area contributed by atoms with Crippen LogP contribution in [-0.2, 0) is 9.57 Å². The molecule has 106 valence electrons. The second kappa shape index (κ2) is 5.45. The van der Waals surface area contributed by atoms with Gasteiger partial charge in [-0.2, -0.15) is 5.26 Å². The lowest BCUT2D eigenvalue weighted by molar-refractivity contribution is 0.0272. The van der Waals surface area contributed by atoms with Crippen LogP contribution in [0, 0.1) is 16.7 Å². The Morgan fingerprint density at radius 1 is 1.63 bits per heavy atom. The van der Waals surface area contributed by atoms with Crippen molar-refractivity contribution in [2.75, 3.05) is 26.8 Å². The van der Waals surface area contributed by atoms with Crippen molar-refractivity contribution in [2.45, 2.75) is 26.4 Å². The van der Waals surface area contributed by atoms with Gasteiger partial charge in [0.25, 0.3) is 0 Å². The number of rotatable bonds is 2. The number of nitriles is 1. The number of aliphatic hydroxyl groups excluding tert-OH is 1. The molecule has 0 spiro atoms. The van der Waals surface area contributed by atoms with Crippen LogP contribution in [0.2, 0.25) is 0 Å². The van der Waals surface area contributed by atoms with Gasteiger partial charge in [-0.1, -0.05) is 5.16 Å². The predicted octanol–water partition coefficient (Wildman–Crippen LogP) is 0.742. The normalized spacial score (nSPS) is 25.3. The van der Waals surface area contributed by atoms with Crippen molar-refractivity contribution in [3.05, 3.63) is 0 Å². The number of hydrogen-bond acceptors (Lipinski definition) is 6. The van der Waals surface area contributed by atoms with Crippen molar-refractivity contribution in [1.82, 2.24) is 4.90 Å². The lowest BCUT2D eigenvalue weighted by Gasteiger charge is -2.24. The lowest BCUT2D eigenvalue weighted by Crippen LogP contribution is -2.37. The van der Waals surface area contributed by atoms with Crippen LogP contribution in [0.1, 0.15) is 20.8 Å². The van der Waals surface area contributed by atoms with E-state index < -0.39 is 23.7 Å². The summed E-state index contributed by atoms with van der Waals surface area (Å²) < 4.78 is 5.23. The van der Waals surface area contributed by atoms with Gasteiger partial charge < -0.3 is 19.6 Å². The molecule has 0 aromatic heterocycles. The van der Waals surface area contributed by atoms with Crippen LogP contribution in [0.4, 0.5) is 4.79 Å². The van der Waals surface area contributed by atoms with E-state index in [1.165, 1.54) is 12.0 Å². The molecular formula is C12H19N3O4. The first-order valence-electron chi connectivity index (χ1n) is 5.88. The number of oxime groups is 1. The summed E-state index contributed by atoms with van der Waals surface area (Å²) in [6, 6.07) is 2.00. The van der Waals surface area contributed by atoms with Gasteiger partial charge in [-0.25, -0.2) is 4.79 Å². The smallest absolute Gasteiger partial charge is 0.410 e. The molecule has 7 nitrogen and oxygen atoms in total. The first kappa shape index (κ1) is 15.2. The summed E-state index contributed by atoms with van der Waals surface area (Å²) in [7, 11) is 1.35. The lowest BCUT2D eigenvalue weighted by atomic mass is 9.88. The van der Waals surface area contributed by atoms with Gasteiger partial charge in [0, 0.05) is 0 Å². The van der Waals surface area contributed by atoms with E-state index in [1.807, 2.05) is 6.07 Å². The number of ether oxygens (including phenoxy) is 1. The third-order valence-corrected chi connectivity index (χ3v) is 2.69. The Bertz CT molecular complexity index is 422. The molecule has 1 rings (SSSR count). The van der Waals surface area contributed by atoms with Crippen LogP contribution in [0.25, 0.3) is 0 Å². The van der Waals surface area contributed by atoms with Crippen LogP contribution < -0.4 is 0 Å². The SMILES string of the molecule is CO/N=C1\CN(C(=O)OC(C)(C)C)CC1(C#N)CO. The molecule has 7 heteroatoms. The Morgan fingerprint density at radius 2 is 2.26 bits per heavy atom. The van der Waals surface area contributed by atoms with Crippen molar-refractivity contribution in [3.63, 3.8) is 0 Å². The molecule has 0 saturated carbocycles. The number of amides is 1. The molecule has 1 amide bonds. The van der Waals surface area contributed by atoms with E-state index in [2.05, 4.69) is 9.99 Å². The molecule has 1 heterocycles. The standard InChI is InChI=1S/C12H19N3O4/c1-11(2,3)19-10(17)15-5-9(14-18-4)12(6-13,7-15)8-16/h16H,5,7-8H2,1-4H3/b14-9+. The van der Waals surface area contributed by atoms with Crippen molar-refractivity contribution < 1.29 is 19.5 Å². The highest BCUT2D eigenvalue weighted by Gasteiger charge is 2.47. The van der Waals surface area contributed by atoms with Crippen molar-refractivity contribution in [1.29, 1.82) is 5.26 Å². The summed E-state index contributed by atoms with van der Waals surface area (Å²) in [4.78, 5) is 17.9. The van der Waals surface area contributed by atoms with Gasteiger partial charge in [-0.05, 0) is 20.8 Å². The Labute approximate surface area is 112 Å². The van der Waals surface area contributed by atoms with Crippen LogP contribution >= 0.6 is 0 Å². The highest BCUT2D eigenvalue weighted by atomic mass is 16.6. The van der Waals surface area contributed by atoms with Crippen LogP contribution in [0.5, 0.6) is 0 Å². The molecule has 0 aromatic rings. The molecule has 1 atom stereocenters. The number of aliphatic hydroxyl groups is 1. The molecule has 0 aliphatic carbocycles. The maximum absolute atomic E-state index is 11.9. The summed E-state index contributed by atoms with van der Waals surface area (Å²) >= 11 is 0. The molecule has 1 fully saturated rings. The number of carbonyl (C=O) groups excluding carboxylic acids is 1. The third kappa shape index (κ3) is 3.35. The van der Waals surface area contributed by atoms with Gasteiger partial charge in [0.15, 0.2) is 0 Å². The largest absolute Gasteiger partial charge is 0.444 e. The molecule has 1 unspecified atom stereocenters. The van der Waals surface area contributed by atoms with Gasteiger partial charge in [0.1, 0.15) is 23.8 Å².